The maximum absolute atomic E-state index is 12.5. The second-order valence-electron chi connectivity index (χ2n) is 6.45. The van der Waals surface area contributed by atoms with Crippen LogP contribution < -0.4 is 0 Å². The fourth-order valence-corrected chi connectivity index (χ4v) is 3.36. The first-order valence-electron chi connectivity index (χ1n) is 8.36. The highest BCUT2D eigenvalue weighted by Crippen LogP contribution is 2.28. The van der Waals surface area contributed by atoms with Crippen LogP contribution in [0.4, 0.5) is 0 Å². The van der Waals surface area contributed by atoms with Crippen LogP contribution in [0.1, 0.15) is 40.5 Å². The van der Waals surface area contributed by atoms with Crippen molar-refractivity contribution in [1.82, 2.24) is 19.9 Å². The maximum atomic E-state index is 12.5. The van der Waals surface area contributed by atoms with Gasteiger partial charge in [0.05, 0.1) is 16.6 Å². The Morgan fingerprint density at radius 2 is 2.08 bits per heavy atom. The molecule has 2 aromatic heterocycles. The largest absolute Gasteiger partial charge is 0.342 e. The summed E-state index contributed by atoms with van der Waals surface area (Å²) in [7, 11) is 0. The van der Waals surface area contributed by atoms with E-state index in [1.165, 1.54) is 5.56 Å². The number of piperidine rings is 1. The van der Waals surface area contributed by atoms with Gasteiger partial charge in [-0.2, -0.15) is 0 Å². The monoisotopic (exact) mass is 320 g/mol. The SMILES string of the molecule is Cc1ccc2nc(C3CCN(C(=O)c4cccnc4)CC3)[nH]c2c1. The average Bonchev–Trinajstić information content (AvgIpc) is 3.05. The van der Waals surface area contributed by atoms with Crippen molar-refractivity contribution < 1.29 is 4.79 Å². The van der Waals surface area contributed by atoms with Gasteiger partial charge in [-0.3, -0.25) is 9.78 Å². The molecule has 1 aliphatic heterocycles. The molecular weight excluding hydrogens is 300 g/mol. The van der Waals surface area contributed by atoms with Gasteiger partial charge in [0.15, 0.2) is 0 Å². The lowest BCUT2D eigenvalue weighted by molar-refractivity contribution is 0.0711. The number of hydrogen-bond acceptors (Lipinski definition) is 3. The number of likely N-dealkylation sites (tertiary alicyclic amines) is 1. The van der Waals surface area contributed by atoms with Crippen LogP contribution in [0.3, 0.4) is 0 Å². The third-order valence-electron chi connectivity index (χ3n) is 4.73. The fourth-order valence-electron chi connectivity index (χ4n) is 3.36. The molecule has 0 spiro atoms. The van der Waals surface area contributed by atoms with E-state index in [-0.39, 0.29) is 5.91 Å². The summed E-state index contributed by atoms with van der Waals surface area (Å²) < 4.78 is 0. The van der Waals surface area contributed by atoms with Crippen molar-refractivity contribution in [2.75, 3.05) is 13.1 Å². The number of aromatic nitrogens is 3. The number of pyridine rings is 1. The van der Waals surface area contributed by atoms with Crippen molar-refractivity contribution in [2.45, 2.75) is 25.7 Å². The topological polar surface area (TPSA) is 61.9 Å². The molecule has 5 nitrogen and oxygen atoms in total. The summed E-state index contributed by atoms with van der Waals surface area (Å²) in [6.45, 7) is 3.60. The van der Waals surface area contributed by atoms with Crippen LogP contribution in [0.25, 0.3) is 11.0 Å². The highest BCUT2D eigenvalue weighted by atomic mass is 16.2. The summed E-state index contributed by atoms with van der Waals surface area (Å²) in [6.07, 6.45) is 5.19. The first kappa shape index (κ1) is 14.9. The number of aryl methyl sites for hydroxylation is 1. The van der Waals surface area contributed by atoms with Crippen molar-refractivity contribution in [1.29, 1.82) is 0 Å². The van der Waals surface area contributed by atoms with Gasteiger partial charge < -0.3 is 9.88 Å². The number of H-pyrrole nitrogens is 1. The van der Waals surface area contributed by atoms with E-state index in [4.69, 9.17) is 4.98 Å². The number of amides is 1. The third kappa shape index (κ3) is 2.77. The number of hydrogen-bond donors (Lipinski definition) is 1. The Morgan fingerprint density at radius 1 is 1.25 bits per heavy atom. The molecule has 0 radical (unpaired) electrons. The Balaban J connectivity index is 1.46. The molecule has 0 aliphatic carbocycles. The number of nitrogens with zero attached hydrogens (tertiary/aromatic N) is 3. The van der Waals surface area contributed by atoms with Crippen LogP contribution in [-0.4, -0.2) is 38.8 Å². The van der Waals surface area contributed by atoms with Crippen LogP contribution in [0.2, 0.25) is 0 Å². The lowest BCUT2D eigenvalue weighted by atomic mass is 9.96. The van der Waals surface area contributed by atoms with Crippen LogP contribution in [0, 0.1) is 6.92 Å². The van der Waals surface area contributed by atoms with E-state index in [0.717, 1.165) is 42.8 Å². The van der Waals surface area contributed by atoms with E-state index in [1.807, 2.05) is 11.0 Å². The Bertz CT molecular complexity index is 863. The average molecular weight is 320 g/mol. The molecule has 0 atom stereocenters. The molecule has 3 heterocycles. The Hall–Kier alpha value is -2.69. The minimum absolute atomic E-state index is 0.0711. The van der Waals surface area contributed by atoms with E-state index in [9.17, 15) is 4.79 Å². The molecule has 122 valence electrons. The zero-order valence-electron chi connectivity index (χ0n) is 13.7. The Morgan fingerprint density at radius 3 is 2.83 bits per heavy atom. The molecule has 1 saturated heterocycles. The van der Waals surface area contributed by atoms with Crippen molar-refractivity contribution in [3.8, 4) is 0 Å². The molecule has 4 rings (SSSR count). The maximum Gasteiger partial charge on any atom is 0.255 e. The van der Waals surface area contributed by atoms with Gasteiger partial charge >= 0.3 is 0 Å². The highest BCUT2D eigenvalue weighted by molar-refractivity contribution is 5.93. The molecule has 24 heavy (non-hydrogen) atoms. The normalized spacial score (nSPS) is 15.8. The number of carbonyl (C=O) groups is 1. The first-order valence-corrected chi connectivity index (χ1v) is 8.36. The molecule has 3 aromatic rings. The molecule has 1 N–H and O–H groups in total. The lowest BCUT2D eigenvalue weighted by Crippen LogP contribution is -2.38. The quantitative estimate of drug-likeness (QED) is 0.788. The van der Waals surface area contributed by atoms with Crippen molar-refractivity contribution >= 4 is 16.9 Å². The molecule has 0 bridgehead atoms. The van der Waals surface area contributed by atoms with Crippen molar-refractivity contribution in [3.05, 3.63) is 59.7 Å². The summed E-state index contributed by atoms with van der Waals surface area (Å²) in [5.74, 6) is 1.50. The number of imidazole rings is 1. The van der Waals surface area contributed by atoms with Crippen molar-refractivity contribution in [2.24, 2.45) is 0 Å². The van der Waals surface area contributed by atoms with Crippen LogP contribution in [0.15, 0.2) is 42.7 Å². The molecule has 1 aliphatic rings. The summed E-state index contributed by atoms with van der Waals surface area (Å²) in [5, 5.41) is 0. The standard InChI is InChI=1S/C19H20N4O/c1-13-4-5-16-17(11-13)22-18(21-16)14-6-9-23(10-7-14)19(24)15-3-2-8-20-12-15/h2-5,8,11-12,14H,6-7,9-10H2,1H3,(H,21,22). The van der Waals surface area contributed by atoms with E-state index >= 15 is 0 Å². The van der Waals surface area contributed by atoms with Crippen molar-refractivity contribution in [3.63, 3.8) is 0 Å². The summed E-state index contributed by atoms with van der Waals surface area (Å²) >= 11 is 0. The molecule has 1 fully saturated rings. The van der Waals surface area contributed by atoms with Gasteiger partial charge in [-0.05, 0) is 49.6 Å². The first-order chi connectivity index (χ1) is 11.7. The minimum Gasteiger partial charge on any atom is -0.342 e. The molecule has 1 amide bonds. The molecule has 5 heteroatoms. The smallest absolute Gasteiger partial charge is 0.255 e. The van der Waals surface area contributed by atoms with Gasteiger partial charge in [0.2, 0.25) is 0 Å². The third-order valence-corrected chi connectivity index (χ3v) is 4.73. The summed E-state index contributed by atoms with van der Waals surface area (Å²) in [6, 6.07) is 9.90. The fraction of sp³-hybridized carbons (Fsp3) is 0.316. The number of aromatic amines is 1. The van der Waals surface area contributed by atoms with Gasteiger partial charge in [0.1, 0.15) is 5.82 Å². The molecule has 0 saturated carbocycles. The minimum atomic E-state index is 0.0711. The van der Waals surface area contributed by atoms with Crippen LogP contribution in [0.5, 0.6) is 0 Å². The summed E-state index contributed by atoms with van der Waals surface area (Å²) in [4.78, 5) is 26.6. The van der Waals surface area contributed by atoms with Crippen LogP contribution in [-0.2, 0) is 0 Å². The number of fused-ring (bicyclic) bond motifs is 1. The predicted octanol–water partition coefficient (Wildman–Crippen LogP) is 3.29. The van der Waals surface area contributed by atoms with Gasteiger partial charge in [-0.15, -0.1) is 0 Å². The lowest BCUT2D eigenvalue weighted by Gasteiger charge is -2.31. The number of benzene rings is 1. The second-order valence-corrected chi connectivity index (χ2v) is 6.45. The summed E-state index contributed by atoms with van der Waals surface area (Å²) in [5.41, 5.74) is 4.01. The number of nitrogens with one attached hydrogen (secondary N) is 1. The molecule has 1 aromatic carbocycles. The molecular formula is C19H20N4O. The van der Waals surface area contributed by atoms with E-state index in [1.54, 1.807) is 18.5 Å². The van der Waals surface area contributed by atoms with Gasteiger partial charge in [0, 0.05) is 31.4 Å². The Kier molecular flexibility index (Phi) is 3.76. The number of carbonyl (C=O) groups excluding carboxylic acids is 1. The van der Waals surface area contributed by atoms with E-state index < -0.39 is 0 Å². The number of rotatable bonds is 2. The second kappa shape index (κ2) is 6.07. The van der Waals surface area contributed by atoms with Gasteiger partial charge in [-0.1, -0.05) is 6.07 Å². The zero-order chi connectivity index (χ0) is 16.5. The predicted molar refractivity (Wildman–Crippen MR) is 92.9 cm³/mol. The molecule has 0 unspecified atom stereocenters. The van der Waals surface area contributed by atoms with E-state index in [0.29, 0.717) is 11.5 Å². The van der Waals surface area contributed by atoms with Gasteiger partial charge in [-0.25, -0.2) is 4.98 Å². The van der Waals surface area contributed by atoms with Crippen LogP contribution >= 0.6 is 0 Å². The van der Waals surface area contributed by atoms with E-state index in [2.05, 4.69) is 35.1 Å². The van der Waals surface area contributed by atoms with Gasteiger partial charge in [0.25, 0.3) is 5.91 Å². The Labute approximate surface area is 140 Å². The highest BCUT2D eigenvalue weighted by Gasteiger charge is 2.26. The zero-order valence-corrected chi connectivity index (χ0v) is 13.7.